The number of guanidine groups is 1. The second kappa shape index (κ2) is 11.0. The molecule has 0 saturated carbocycles. The number of ether oxygens (including phenoxy) is 1. The van der Waals surface area contributed by atoms with Gasteiger partial charge < -0.3 is 20.3 Å². The minimum absolute atomic E-state index is 0.0153. The summed E-state index contributed by atoms with van der Waals surface area (Å²) in [6, 6.07) is 15.8. The smallest absolute Gasteiger partial charge is 0.253 e. The highest BCUT2D eigenvalue weighted by molar-refractivity contribution is 5.94. The highest BCUT2D eigenvalue weighted by atomic mass is 16.5. The number of hydrogen-bond acceptors (Lipinski definition) is 3. The van der Waals surface area contributed by atoms with E-state index in [0.29, 0.717) is 18.7 Å². The molecule has 0 aromatic heterocycles. The third kappa shape index (κ3) is 6.61. The largest absolute Gasteiger partial charge is 0.494 e. The van der Waals surface area contributed by atoms with Crippen molar-refractivity contribution in [3.63, 3.8) is 0 Å². The van der Waals surface area contributed by atoms with Crippen molar-refractivity contribution in [1.82, 2.24) is 15.5 Å². The summed E-state index contributed by atoms with van der Waals surface area (Å²) in [7, 11) is 5.27. The molecule has 2 aromatic rings. The van der Waals surface area contributed by atoms with E-state index in [4.69, 9.17) is 4.74 Å². The molecule has 0 aliphatic rings. The van der Waals surface area contributed by atoms with E-state index >= 15 is 0 Å². The van der Waals surface area contributed by atoms with Crippen LogP contribution >= 0.6 is 0 Å². The molecule has 2 aromatic carbocycles. The van der Waals surface area contributed by atoms with Gasteiger partial charge in [0.15, 0.2) is 5.96 Å². The number of amides is 1. The summed E-state index contributed by atoms with van der Waals surface area (Å²) in [5, 5.41) is 6.62. The first-order chi connectivity index (χ1) is 13.5. The highest BCUT2D eigenvalue weighted by Gasteiger charge is 2.08. The normalized spacial score (nSPS) is 11.1. The first kappa shape index (κ1) is 21.3. The lowest BCUT2D eigenvalue weighted by Gasteiger charge is -2.13. The Morgan fingerprint density at radius 3 is 2.54 bits per heavy atom. The van der Waals surface area contributed by atoms with E-state index in [1.54, 1.807) is 26.0 Å². The van der Waals surface area contributed by atoms with Crippen molar-refractivity contribution in [2.45, 2.75) is 19.9 Å². The summed E-state index contributed by atoms with van der Waals surface area (Å²) in [6.45, 7) is 4.01. The third-order valence-electron chi connectivity index (χ3n) is 4.18. The van der Waals surface area contributed by atoms with Crippen LogP contribution in [0.1, 0.15) is 28.4 Å². The molecule has 0 aliphatic heterocycles. The summed E-state index contributed by atoms with van der Waals surface area (Å²) in [5.74, 6) is 1.63. The predicted octanol–water partition coefficient (Wildman–Crippen LogP) is 2.69. The fourth-order valence-electron chi connectivity index (χ4n) is 2.76. The summed E-state index contributed by atoms with van der Waals surface area (Å²) < 4.78 is 5.53. The van der Waals surface area contributed by atoms with Crippen LogP contribution in [0.15, 0.2) is 53.5 Å². The van der Waals surface area contributed by atoms with E-state index in [2.05, 4.69) is 21.7 Å². The van der Waals surface area contributed by atoms with Crippen LogP contribution in [-0.2, 0) is 13.0 Å². The Kier molecular flexibility index (Phi) is 8.34. The predicted molar refractivity (Wildman–Crippen MR) is 114 cm³/mol. The Morgan fingerprint density at radius 1 is 1.07 bits per heavy atom. The molecular weight excluding hydrogens is 352 g/mol. The Bertz CT molecular complexity index is 803. The van der Waals surface area contributed by atoms with Gasteiger partial charge in [0.25, 0.3) is 5.91 Å². The van der Waals surface area contributed by atoms with Gasteiger partial charge in [-0.05, 0) is 48.7 Å². The van der Waals surface area contributed by atoms with Gasteiger partial charge in [-0.15, -0.1) is 0 Å². The van der Waals surface area contributed by atoms with Crippen LogP contribution in [0.3, 0.4) is 0 Å². The topological polar surface area (TPSA) is 66.0 Å². The molecule has 0 heterocycles. The fraction of sp³-hybridized carbons (Fsp3) is 0.364. The van der Waals surface area contributed by atoms with Gasteiger partial charge >= 0.3 is 0 Å². The number of carbonyl (C=O) groups is 1. The van der Waals surface area contributed by atoms with E-state index in [9.17, 15) is 4.79 Å². The minimum Gasteiger partial charge on any atom is -0.494 e. The van der Waals surface area contributed by atoms with E-state index in [-0.39, 0.29) is 5.91 Å². The number of nitrogens with one attached hydrogen (secondary N) is 2. The zero-order valence-corrected chi connectivity index (χ0v) is 17.2. The first-order valence-electron chi connectivity index (χ1n) is 9.50. The van der Waals surface area contributed by atoms with Crippen LogP contribution in [-0.4, -0.2) is 51.1 Å². The van der Waals surface area contributed by atoms with Crippen molar-refractivity contribution in [1.29, 1.82) is 0 Å². The summed E-state index contributed by atoms with van der Waals surface area (Å²) in [5.41, 5.74) is 2.95. The highest BCUT2D eigenvalue weighted by Crippen LogP contribution is 2.13. The fourth-order valence-corrected chi connectivity index (χ4v) is 2.76. The molecule has 0 saturated heterocycles. The lowest BCUT2D eigenvalue weighted by molar-refractivity contribution is 0.0827. The van der Waals surface area contributed by atoms with E-state index in [1.165, 1.54) is 0 Å². The number of nitrogens with zero attached hydrogens (tertiary/aromatic N) is 2. The Labute approximate surface area is 167 Å². The van der Waals surface area contributed by atoms with Crippen molar-refractivity contribution in [3.05, 3.63) is 65.2 Å². The summed E-state index contributed by atoms with van der Waals surface area (Å²) in [6.07, 6.45) is 0.801. The SMILES string of the molecule is CCOc1cccc(CNC(=NC)NCCc2cccc(C(=O)N(C)C)c2)c1. The van der Waals surface area contributed by atoms with Gasteiger partial charge in [0.2, 0.25) is 0 Å². The van der Waals surface area contributed by atoms with Crippen LogP contribution in [0, 0.1) is 0 Å². The second-order valence-corrected chi connectivity index (χ2v) is 6.58. The molecular formula is C22H30N4O2. The summed E-state index contributed by atoms with van der Waals surface area (Å²) >= 11 is 0. The lowest BCUT2D eigenvalue weighted by atomic mass is 10.1. The molecule has 0 aliphatic carbocycles. The standard InChI is InChI=1S/C22H30N4O2/c1-5-28-20-11-7-9-18(15-20)16-25-22(23-2)24-13-12-17-8-6-10-19(14-17)21(27)26(3)4/h6-11,14-15H,5,12-13,16H2,1-4H3,(H2,23,24,25). The monoisotopic (exact) mass is 382 g/mol. The quantitative estimate of drug-likeness (QED) is 0.544. The van der Waals surface area contributed by atoms with E-state index in [0.717, 1.165) is 35.8 Å². The number of rotatable bonds is 8. The van der Waals surface area contributed by atoms with Gasteiger partial charge in [0, 0.05) is 39.8 Å². The van der Waals surface area contributed by atoms with Crippen molar-refractivity contribution in [2.75, 3.05) is 34.3 Å². The zero-order valence-electron chi connectivity index (χ0n) is 17.2. The van der Waals surface area contributed by atoms with Crippen molar-refractivity contribution in [2.24, 2.45) is 4.99 Å². The maximum atomic E-state index is 12.1. The average Bonchev–Trinajstić information content (AvgIpc) is 2.70. The summed E-state index contributed by atoms with van der Waals surface area (Å²) in [4.78, 5) is 17.9. The molecule has 0 atom stereocenters. The third-order valence-corrected chi connectivity index (χ3v) is 4.18. The van der Waals surface area contributed by atoms with Crippen molar-refractivity contribution >= 4 is 11.9 Å². The van der Waals surface area contributed by atoms with Gasteiger partial charge in [-0.2, -0.15) is 0 Å². The van der Waals surface area contributed by atoms with Gasteiger partial charge in [-0.1, -0.05) is 24.3 Å². The van der Waals surface area contributed by atoms with E-state index < -0.39 is 0 Å². The van der Waals surface area contributed by atoms with E-state index in [1.807, 2.05) is 49.4 Å². The zero-order chi connectivity index (χ0) is 20.4. The van der Waals surface area contributed by atoms with Gasteiger partial charge in [-0.25, -0.2) is 0 Å². The maximum Gasteiger partial charge on any atom is 0.253 e. The molecule has 0 fully saturated rings. The lowest BCUT2D eigenvalue weighted by Crippen LogP contribution is -2.37. The van der Waals surface area contributed by atoms with Crippen LogP contribution in [0.25, 0.3) is 0 Å². The second-order valence-electron chi connectivity index (χ2n) is 6.58. The Morgan fingerprint density at radius 2 is 1.82 bits per heavy atom. The molecule has 2 rings (SSSR count). The van der Waals surface area contributed by atoms with Gasteiger partial charge in [-0.3, -0.25) is 9.79 Å². The number of hydrogen-bond donors (Lipinski definition) is 2. The van der Waals surface area contributed by atoms with Crippen LogP contribution in [0.5, 0.6) is 5.75 Å². The molecule has 6 heteroatoms. The number of carbonyl (C=O) groups excluding carboxylic acids is 1. The molecule has 0 spiro atoms. The molecule has 0 radical (unpaired) electrons. The van der Waals surface area contributed by atoms with Crippen LogP contribution in [0.2, 0.25) is 0 Å². The molecule has 0 unspecified atom stereocenters. The van der Waals surface area contributed by atoms with Crippen molar-refractivity contribution in [3.8, 4) is 5.75 Å². The average molecular weight is 383 g/mol. The first-order valence-corrected chi connectivity index (χ1v) is 9.50. The maximum absolute atomic E-state index is 12.1. The van der Waals surface area contributed by atoms with Crippen LogP contribution in [0.4, 0.5) is 0 Å². The molecule has 28 heavy (non-hydrogen) atoms. The molecule has 2 N–H and O–H groups in total. The van der Waals surface area contributed by atoms with Gasteiger partial charge in [0.1, 0.15) is 5.75 Å². The Hall–Kier alpha value is -3.02. The minimum atomic E-state index is 0.0153. The molecule has 150 valence electrons. The Balaban J connectivity index is 1.84. The number of aliphatic imine (C=N–C) groups is 1. The number of benzene rings is 2. The van der Waals surface area contributed by atoms with Gasteiger partial charge in [0.05, 0.1) is 6.61 Å². The molecule has 1 amide bonds. The van der Waals surface area contributed by atoms with Crippen molar-refractivity contribution < 1.29 is 9.53 Å². The van der Waals surface area contributed by atoms with Crippen LogP contribution < -0.4 is 15.4 Å². The molecule has 0 bridgehead atoms. The molecule has 6 nitrogen and oxygen atoms in total.